The summed E-state index contributed by atoms with van der Waals surface area (Å²) in [6.45, 7) is 4.20. The lowest BCUT2D eigenvalue weighted by atomic mass is 10.1. The molecule has 0 radical (unpaired) electrons. The number of aryl methyl sites for hydroxylation is 1. The van der Waals surface area contributed by atoms with Crippen molar-refractivity contribution in [2.75, 3.05) is 19.6 Å². The molecule has 2 aromatic rings. The topological polar surface area (TPSA) is 74.5 Å². The normalized spacial score (nSPS) is 12.9. The van der Waals surface area contributed by atoms with E-state index in [0.29, 0.717) is 13.0 Å². The van der Waals surface area contributed by atoms with Gasteiger partial charge in [-0.3, -0.25) is 9.67 Å². The largest absolute Gasteiger partial charge is 0.388 e. The molecule has 2 rings (SSSR count). The van der Waals surface area contributed by atoms with E-state index in [1.165, 1.54) is 5.56 Å². The van der Waals surface area contributed by atoms with Crippen LogP contribution in [0.15, 0.2) is 47.7 Å². The van der Waals surface area contributed by atoms with Gasteiger partial charge >= 0.3 is 0 Å². The van der Waals surface area contributed by atoms with Gasteiger partial charge in [-0.25, -0.2) is 0 Å². The molecular formula is C18H27N5O. The van der Waals surface area contributed by atoms with Crippen molar-refractivity contribution in [2.24, 2.45) is 12.0 Å². The van der Waals surface area contributed by atoms with Gasteiger partial charge in [0.2, 0.25) is 0 Å². The fraction of sp³-hybridized carbons (Fsp3) is 0.444. The quantitative estimate of drug-likeness (QED) is 0.508. The summed E-state index contributed by atoms with van der Waals surface area (Å²) >= 11 is 0. The number of aliphatic hydroxyl groups is 1. The van der Waals surface area contributed by atoms with Crippen LogP contribution < -0.4 is 10.6 Å². The molecular weight excluding hydrogens is 302 g/mol. The van der Waals surface area contributed by atoms with Crippen molar-refractivity contribution in [3.8, 4) is 0 Å². The number of hydrogen-bond acceptors (Lipinski definition) is 3. The van der Waals surface area contributed by atoms with Crippen LogP contribution in [0.5, 0.6) is 0 Å². The summed E-state index contributed by atoms with van der Waals surface area (Å²) < 4.78 is 1.81. The van der Waals surface area contributed by atoms with E-state index in [2.05, 4.69) is 20.7 Å². The van der Waals surface area contributed by atoms with Crippen LogP contribution in [0.1, 0.15) is 30.6 Å². The van der Waals surface area contributed by atoms with Gasteiger partial charge in [-0.2, -0.15) is 5.10 Å². The molecule has 3 N–H and O–H groups in total. The van der Waals surface area contributed by atoms with E-state index < -0.39 is 6.10 Å². The first kappa shape index (κ1) is 18.0. The smallest absolute Gasteiger partial charge is 0.191 e. The molecule has 0 saturated heterocycles. The van der Waals surface area contributed by atoms with Crippen molar-refractivity contribution < 1.29 is 5.11 Å². The van der Waals surface area contributed by atoms with Crippen LogP contribution in [-0.4, -0.2) is 40.5 Å². The fourth-order valence-corrected chi connectivity index (χ4v) is 2.41. The third kappa shape index (κ3) is 6.04. The van der Waals surface area contributed by atoms with Crippen molar-refractivity contribution in [2.45, 2.75) is 25.9 Å². The first-order valence-corrected chi connectivity index (χ1v) is 8.41. The molecule has 0 amide bonds. The highest BCUT2D eigenvalue weighted by atomic mass is 16.3. The average Bonchev–Trinajstić information content (AvgIpc) is 3.01. The minimum Gasteiger partial charge on any atom is -0.388 e. The number of aromatic nitrogens is 2. The molecule has 0 spiro atoms. The van der Waals surface area contributed by atoms with Gasteiger partial charge in [-0.15, -0.1) is 0 Å². The molecule has 1 aromatic heterocycles. The molecule has 1 atom stereocenters. The van der Waals surface area contributed by atoms with E-state index in [1.54, 1.807) is 4.68 Å². The highest BCUT2D eigenvalue weighted by molar-refractivity contribution is 5.79. The Morgan fingerprint density at radius 1 is 1.29 bits per heavy atom. The third-order valence-electron chi connectivity index (χ3n) is 3.67. The van der Waals surface area contributed by atoms with Gasteiger partial charge in [0, 0.05) is 32.9 Å². The number of rotatable bonds is 8. The molecule has 1 heterocycles. The predicted octanol–water partition coefficient (Wildman–Crippen LogP) is 1.64. The van der Waals surface area contributed by atoms with Crippen LogP contribution in [0, 0.1) is 0 Å². The van der Waals surface area contributed by atoms with E-state index in [9.17, 15) is 5.11 Å². The Balaban J connectivity index is 1.77. The van der Waals surface area contributed by atoms with Crippen LogP contribution in [0.3, 0.4) is 0 Å². The minimum atomic E-state index is -0.479. The van der Waals surface area contributed by atoms with E-state index in [0.717, 1.165) is 31.0 Å². The van der Waals surface area contributed by atoms with E-state index in [-0.39, 0.29) is 0 Å². The van der Waals surface area contributed by atoms with Gasteiger partial charge in [-0.05, 0) is 30.9 Å². The van der Waals surface area contributed by atoms with Gasteiger partial charge in [-0.1, -0.05) is 30.3 Å². The van der Waals surface area contributed by atoms with E-state index in [4.69, 9.17) is 0 Å². The molecule has 6 nitrogen and oxygen atoms in total. The molecule has 1 unspecified atom stereocenters. The highest BCUT2D eigenvalue weighted by Gasteiger charge is 2.06. The van der Waals surface area contributed by atoms with Gasteiger partial charge in [0.05, 0.1) is 12.3 Å². The van der Waals surface area contributed by atoms with Crippen LogP contribution in [-0.2, 0) is 13.5 Å². The predicted molar refractivity (Wildman–Crippen MR) is 96.9 cm³/mol. The number of nitrogens with zero attached hydrogens (tertiary/aromatic N) is 3. The first-order valence-electron chi connectivity index (χ1n) is 8.41. The number of aliphatic imine (C=N–C) groups is 1. The summed E-state index contributed by atoms with van der Waals surface area (Å²) in [5.41, 5.74) is 2.13. The molecule has 0 aliphatic heterocycles. The van der Waals surface area contributed by atoms with Gasteiger partial charge in [0.15, 0.2) is 5.96 Å². The third-order valence-corrected chi connectivity index (χ3v) is 3.67. The summed E-state index contributed by atoms with van der Waals surface area (Å²) in [5.74, 6) is 0.779. The van der Waals surface area contributed by atoms with Gasteiger partial charge in [0.25, 0.3) is 0 Å². The standard InChI is InChI=1S/C18H27N5O/c1-3-19-18(20-11-9-15-13-22-23(2)14-15)21-12-10-17(24)16-7-5-4-6-8-16/h4-8,13-14,17,24H,3,9-12H2,1-2H3,(H2,19,20,21). The van der Waals surface area contributed by atoms with Gasteiger partial charge in [0.1, 0.15) is 0 Å². The lowest BCUT2D eigenvalue weighted by Gasteiger charge is -2.12. The lowest BCUT2D eigenvalue weighted by molar-refractivity contribution is 0.170. The summed E-state index contributed by atoms with van der Waals surface area (Å²) in [7, 11) is 1.92. The molecule has 0 aliphatic carbocycles. The Kier molecular flexibility index (Phi) is 7.29. The summed E-state index contributed by atoms with van der Waals surface area (Å²) in [5, 5.41) is 20.9. The van der Waals surface area contributed by atoms with Crippen LogP contribution in [0.4, 0.5) is 0 Å². The zero-order chi connectivity index (χ0) is 17.2. The maximum Gasteiger partial charge on any atom is 0.191 e. The summed E-state index contributed by atoms with van der Waals surface area (Å²) in [4.78, 5) is 4.53. The zero-order valence-corrected chi connectivity index (χ0v) is 14.4. The maximum atomic E-state index is 10.2. The number of hydrogen-bond donors (Lipinski definition) is 3. The van der Waals surface area contributed by atoms with Crippen molar-refractivity contribution in [1.82, 2.24) is 20.4 Å². The summed E-state index contributed by atoms with van der Waals surface area (Å²) in [6, 6.07) is 9.69. The Hall–Kier alpha value is -2.34. The second-order valence-electron chi connectivity index (χ2n) is 5.67. The van der Waals surface area contributed by atoms with Crippen molar-refractivity contribution in [3.05, 3.63) is 53.9 Å². The highest BCUT2D eigenvalue weighted by Crippen LogP contribution is 2.15. The number of guanidine groups is 1. The number of benzene rings is 1. The zero-order valence-electron chi connectivity index (χ0n) is 14.4. The van der Waals surface area contributed by atoms with Crippen molar-refractivity contribution in [3.63, 3.8) is 0 Å². The average molecular weight is 329 g/mol. The van der Waals surface area contributed by atoms with Crippen molar-refractivity contribution in [1.29, 1.82) is 0 Å². The molecule has 0 bridgehead atoms. The molecule has 24 heavy (non-hydrogen) atoms. The molecule has 130 valence electrons. The SMILES string of the molecule is CCNC(=NCCC(O)c1ccccc1)NCCc1cnn(C)c1. The first-order chi connectivity index (χ1) is 11.7. The fourth-order valence-electron chi connectivity index (χ4n) is 2.41. The second kappa shape index (κ2) is 9.72. The molecule has 1 aromatic carbocycles. The number of aliphatic hydroxyl groups excluding tert-OH is 1. The second-order valence-corrected chi connectivity index (χ2v) is 5.67. The Labute approximate surface area is 143 Å². The van der Waals surface area contributed by atoms with Crippen LogP contribution in [0.2, 0.25) is 0 Å². The molecule has 6 heteroatoms. The molecule has 0 aliphatic rings. The molecule has 0 fully saturated rings. The van der Waals surface area contributed by atoms with Crippen LogP contribution in [0.25, 0.3) is 0 Å². The maximum absolute atomic E-state index is 10.2. The minimum absolute atomic E-state index is 0.479. The summed E-state index contributed by atoms with van der Waals surface area (Å²) in [6.07, 6.45) is 4.91. The van der Waals surface area contributed by atoms with E-state index in [1.807, 2.05) is 56.7 Å². The Bertz CT molecular complexity index is 623. The Morgan fingerprint density at radius 3 is 2.75 bits per heavy atom. The van der Waals surface area contributed by atoms with E-state index >= 15 is 0 Å². The molecule has 0 saturated carbocycles. The van der Waals surface area contributed by atoms with Crippen LogP contribution >= 0.6 is 0 Å². The Morgan fingerprint density at radius 2 is 2.08 bits per heavy atom. The lowest BCUT2D eigenvalue weighted by Crippen LogP contribution is -2.38. The van der Waals surface area contributed by atoms with Gasteiger partial charge < -0.3 is 15.7 Å². The van der Waals surface area contributed by atoms with Crippen molar-refractivity contribution >= 4 is 5.96 Å². The monoisotopic (exact) mass is 329 g/mol. The number of nitrogens with one attached hydrogen (secondary N) is 2.